The first-order valence-corrected chi connectivity index (χ1v) is 7.59. The Morgan fingerprint density at radius 2 is 2.11 bits per heavy atom. The standard InChI is InChI=1S/C15H30N2O2/c1-12(2)11-19-9-8-17-7-5-6-14(10-17)16-15(18)13(3)4/h12-14H,5-11H2,1-4H3,(H,16,18). The van der Waals surface area contributed by atoms with E-state index in [0.717, 1.165) is 45.7 Å². The minimum absolute atomic E-state index is 0.0738. The summed E-state index contributed by atoms with van der Waals surface area (Å²) in [7, 11) is 0. The Balaban J connectivity index is 2.20. The van der Waals surface area contributed by atoms with Gasteiger partial charge in [-0.15, -0.1) is 0 Å². The number of nitrogens with zero attached hydrogens (tertiary/aromatic N) is 1. The second-order valence-corrected chi connectivity index (χ2v) is 6.27. The fraction of sp³-hybridized carbons (Fsp3) is 0.933. The van der Waals surface area contributed by atoms with E-state index in [4.69, 9.17) is 4.74 Å². The number of rotatable bonds is 7. The zero-order valence-corrected chi connectivity index (χ0v) is 12.9. The molecule has 0 aromatic carbocycles. The molecule has 4 heteroatoms. The molecule has 1 atom stereocenters. The van der Waals surface area contributed by atoms with Gasteiger partial charge < -0.3 is 10.1 Å². The number of carbonyl (C=O) groups is 1. The molecule has 1 aliphatic rings. The molecule has 1 aliphatic heterocycles. The lowest BCUT2D eigenvalue weighted by Crippen LogP contribution is -2.49. The monoisotopic (exact) mass is 270 g/mol. The van der Waals surface area contributed by atoms with Crippen molar-refractivity contribution >= 4 is 5.91 Å². The summed E-state index contributed by atoms with van der Waals surface area (Å²) in [5.74, 6) is 0.840. The van der Waals surface area contributed by atoms with E-state index in [1.54, 1.807) is 0 Å². The predicted molar refractivity (Wildman–Crippen MR) is 78.1 cm³/mol. The Morgan fingerprint density at radius 3 is 2.74 bits per heavy atom. The maximum absolute atomic E-state index is 11.7. The first kappa shape index (κ1) is 16.4. The highest BCUT2D eigenvalue weighted by molar-refractivity contribution is 5.78. The Bertz CT molecular complexity index is 267. The Morgan fingerprint density at radius 1 is 1.37 bits per heavy atom. The SMILES string of the molecule is CC(C)COCCN1CCCC(NC(=O)C(C)C)C1. The third-order valence-electron chi connectivity index (χ3n) is 3.38. The molecular weight excluding hydrogens is 240 g/mol. The molecular formula is C15H30N2O2. The van der Waals surface area contributed by atoms with Crippen molar-refractivity contribution in [1.29, 1.82) is 0 Å². The molecule has 0 aliphatic carbocycles. The van der Waals surface area contributed by atoms with E-state index in [0.29, 0.717) is 12.0 Å². The molecule has 0 bridgehead atoms. The van der Waals surface area contributed by atoms with E-state index in [1.807, 2.05) is 13.8 Å². The summed E-state index contributed by atoms with van der Waals surface area (Å²) in [5.41, 5.74) is 0. The van der Waals surface area contributed by atoms with Gasteiger partial charge in [0.25, 0.3) is 0 Å². The van der Waals surface area contributed by atoms with Crippen molar-refractivity contribution in [2.24, 2.45) is 11.8 Å². The molecule has 1 N–H and O–H groups in total. The second-order valence-electron chi connectivity index (χ2n) is 6.27. The topological polar surface area (TPSA) is 41.6 Å². The van der Waals surface area contributed by atoms with Crippen LogP contribution >= 0.6 is 0 Å². The normalized spacial score (nSPS) is 21.1. The highest BCUT2D eigenvalue weighted by Gasteiger charge is 2.21. The lowest BCUT2D eigenvalue weighted by molar-refractivity contribution is -0.125. The van der Waals surface area contributed by atoms with E-state index in [-0.39, 0.29) is 11.8 Å². The molecule has 1 rings (SSSR count). The lowest BCUT2D eigenvalue weighted by atomic mass is 10.0. The van der Waals surface area contributed by atoms with Crippen LogP contribution in [-0.2, 0) is 9.53 Å². The first-order chi connectivity index (χ1) is 8.99. The molecule has 1 unspecified atom stereocenters. The van der Waals surface area contributed by atoms with Crippen LogP contribution in [0.25, 0.3) is 0 Å². The number of ether oxygens (including phenoxy) is 1. The van der Waals surface area contributed by atoms with Crippen molar-refractivity contribution in [3.63, 3.8) is 0 Å². The van der Waals surface area contributed by atoms with Crippen molar-refractivity contribution < 1.29 is 9.53 Å². The van der Waals surface area contributed by atoms with Crippen molar-refractivity contribution in [1.82, 2.24) is 10.2 Å². The molecule has 1 heterocycles. The van der Waals surface area contributed by atoms with Gasteiger partial charge in [-0.1, -0.05) is 27.7 Å². The van der Waals surface area contributed by atoms with Crippen LogP contribution in [0.15, 0.2) is 0 Å². The van der Waals surface area contributed by atoms with E-state index < -0.39 is 0 Å². The summed E-state index contributed by atoms with van der Waals surface area (Å²) < 4.78 is 5.62. The summed E-state index contributed by atoms with van der Waals surface area (Å²) in [6.07, 6.45) is 2.26. The molecule has 0 saturated carbocycles. The molecule has 1 saturated heterocycles. The third kappa shape index (κ3) is 6.92. The lowest BCUT2D eigenvalue weighted by Gasteiger charge is -2.33. The summed E-state index contributed by atoms with van der Waals surface area (Å²) in [6.45, 7) is 12.9. The van der Waals surface area contributed by atoms with Gasteiger partial charge in [0, 0.05) is 31.7 Å². The molecule has 1 fully saturated rings. The molecule has 0 spiro atoms. The van der Waals surface area contributed by atoms with Gasteiger partial charge in [-0.2, -0.15) is 0 Å². The number of hydrogen-bond acceptors (Lipinski definition) is 3. The Labute approximate surface area is 117 Å². The fourth-order valence-electron chi connectivity index (χ4n) is 2.26. The van der Waals surface area contributed by atoms with Gasteiger partial charge in [0.1, 0.15) is 0 Å². The molecule has 1 amide bonds. The van der Waals surface area contributed by atoms with Crippen molar-refractivity contribution in [2.45, 2.75) is 46.6 Å². The maximum atomic E-state index is 11.7. The van der Waals surface area contributed by atoms with Gasteiger partial charge >= 0.3 is 0 Å². The van der Waals surface area contributed by atoms with E-state index in [1.165, 1.54) is 0 Å². The van der Waals surface area contributed by atoms with Crippen LogP contribution in [-0.4, -0.2) is 49.7 Å². The van der Waals surface area contributed by atoms with E-state index in [2.05, 4.69) is 24.1 Å². The van der Waals surface area contributed by atoms with Gasteiger partial charge in [-0.25, -0.2) is 0 Å². The zero-order valence-electron chi connectivity index (χ0n) is 12.9. The highest BCUT2D eigenvalue weighted by Crippen LogP contribution is 2.10. The van der Waals surface area contributed by atoms with Crippen molar-refractivity contribution in [3.05, 3.63) is 0 Å². The molecule has 112 valence electrons. The predicted octanol–water partition coefficient (Wildman–Crippen LogP) is 1.90. The Hall–Kier alpha value is -0.610. The number of amides is 1. The summed E-state index contributed by atoms with van der Waals surface area (Å²) in [5, 5.41) is 3.14. The fourth-order valence-corrected chi connectivity index (χ4v) is 2.26. The number of piperidine rings is 1. The first-order valence-electron chi connectivity index (χ1n) is 7.59. The van der Waals surface area contributed by atoms with Gasteiger partial charge in [-0.05, 0) is 25.3 Å². The number of hydrogen-bond donors (Lipinski definition) is 1. The number of nitrogens with one attached hydrogen (secondary N) is 1. The average molecular weight is 270 g/mol. The second kappa shape index (κ2) is 8.54. The van der Waals surface area contributed by atoms with E-state index in [9.17, 15) is 4.79 Å². The quantitative estimate of drug-likeness (QED) is 0.718. The zero-order chi connectivity index (χ0) is 14.3. The molecule has 19 heavy (non-hydrogen) atoms. The smallest absolute Gasteiger partial charge is 0.222 e. The van der Waals surface area contributed by atoms with Crippen LogP contribution in [0.5, 0.6) is 0 Å². The van der Waals surface area contributed by atoms with Crippen LogP contribution in [0.1, 0.15) is 40.5 Å². The summed E-state index contributed by atoms with van der Waals surface area (Å²) >= 11 is 0. The average Bonchev–Trinajstić information content (AvgIpc) is 2.35. The minimum atomic E-state index is 0.0738. The van der Waals surface area contributed by atoms with Crippen LogP contribution in [0.4, 0.5) is 0 Å². The highest BCUT2D eigenvalue weighted by atomic mass is 16.5. The van der Waals surface area contributed by atoms with E-state index >= 15 is 0 Å². The minimum Gasteiger partial charge on any atom is -0.380 e. The third-order valence-corrected chi connectivity index (χ3v) is 3.38. The molecule has 0 aromatic heterocycles. The summed E-state index contributed by atoms with van der Waals surface area (Å²) in [4.78, 5) is 14.1. The van der Waals surface area contributed by atoms with Crippen LogP contribution in [0.2, 0.25) is 0 Å². The van der Waals surface area contributed by atoms with Gasteiger partial charge in [0.05, 0.1) is 6.61 Å². The van der Waals surface area contributed by atoms with Gasteiger partial charge in [0.2, 0.25) is 5.91 Å². The van der Waals surface area contributed by atoms with Crippen LogP contribution in [0.3, 0.4) is 0 Å². The maximum Gasteiger partial charge on any atom is 0.222 e. The molecule has 0 aromatic rings. The number of carbonyl (C=O) groups excluding carboxylic acids is 1. The van der Waals surface area contributed by atoms with Crippen LogP contribution in [0, 0.1) is 11.8 Å². The Kier molecular flexibility index (Phi) is 7.39. The van der Waals surface area contributed by atoms with Crippen LogP contribution < -0.4 is 5.32 Å². The van der Waals surface area contributed by atoms with Gasteiger partial charge in [-0.3, -0.25) is 9.69 Å². The molecule has 0 radical (unpaired) electrons. The van der Waals surface area contributed by atoms with Crippen molar-refractivity contribution in [2.75, 3.05) is 32.8 Å². The van der Waals surface area contributed by atoms with Crippen molar-refractivity contribution in [3.8, 4) is 0 Å². The largest absolute Gasteiger partial charge is 0.380 e. The summed E-state index contributed by atoms with van der Waals surface area (Å²) in [6, 6.07) is 0.314. The molecule has 4 nitrogen and oxygen atoms in total. The van der Waals surface area contributed by atoms with Gasteiger partial charge in [0.15, 0.2) is 0 Å². The number of likely N-dealkylation sites (tertiary alicyclic amines) is 1.